The molecule has 0 saturated carbocycles. The summed E-state index contributed by atoms with van der Waals surface area (Å²) >= 11 is 0. The molecule has 0 aromatic rings. The van der Waals surface area contributed by atoms with Crippen LogP contribution in [0.2, 0.25) is 0 Å². The molecule has 2 fully saturated rings. The lowest BCUT2D eigenvalue weighted by molar-refractivity contribution is -0.147. The zero-order chi connectivity index (χ0) is 15.6. The zero-order valence-electron chi connectivity index (χ0n) is 12.4. The molecule has 7 nitrogen and oxygen atoms in total. The Hall–Kier alpha value is -1.79. The van der Waals surface area contributed by atoms with Crippen LogP contribution in [0, 0.1) is 11.8 Å². The van der Waals surface area contributed by atoms with Crippen LogP contribution in [0.1, 0.15) is 26.2 Å². The molecule has 2 heterocycles. The molecule has 3 unspecified atom stereocenters. The molecule has 21 heavy (non-hydrogen) atoms. The van der Waals surface area contributed by atoms with Gasteiger partial charge in [0.1, 0.15) is 6.04 Å². The highest BCUT2D eigenvalue weighted by Gasteiger charge is 2.41. The number of hydrogen-bond donors (Lipinski definition) is 1. The molecule has 2 saturated heterocycles. The number of nitrogens with zero attached hydrogens (tertiary/aromatic N) is 2. The van der Waals surface area contributed by atoms with E-state index in [2.05, 4.69) is 0 Å². The van der Waals surface area contributed by atoms with Crippen LogP contribution in [-0.4, -0.2) is 65.7 Å². The maximum Gasteiger partial charge on any atom is 0.328 e. The molecule has 2 rings (SSSR count). The van der Waals surface area contributed by atoms with Gasteiger partial charge in [-0.2, -0.15) is 0 Å². The number of rotatable bonds is 2. The molecule has 0 aliphatic carbocycles. The third-order valence-electron chi connectivity index (χ3n) is 4.42. The number of likely N-dealkylation sites (tertiary alicyclic amines) is 2. The lowest BCUT2D eigenvalue weighted by atomic mass is 9.99. The largest absolute Gasteiger partial charge is 0.481 e. The van der Waals surface area contributed by atoms with Gasteiger partial charge in [-0.15, -0.1) is 0 Å². The van der Waals surface area contributed by atoms with Crippen LogP contribution in [0.5, 0.6) is 0 Å². The first-order chi connectivity index (χ1) is 9.95. The lowest BCUT2D eigenvalue weighted by Gasteiger charge is -2.36. The summed E-state index contributed by atoms with van der Waals surface area (Å²) in [5.74, 6) is -1.88. The lowest BCUT2D eigenvalue weighted by Crippen LogP contribution is -2.53. The van der Waals surface area contributed by atoms with E-state index < -0.39 is 23.9 Å². The number of carbonyl (C=O) groups excluding carboxylic acids is 2. The van der Waals surface area contributed by atoms with Gasteiger partial charge in [-0.1, -0.05) is 6.92 Å². The van der Waals surface area contributed by atoms with Crippen molar-refractivity contribution in [3.63, 3.8) is 0 Å². The number of methoxy groups -OCH3 is 1. The van der Waals surface area contributed by atoms with Crippen LogP contribution in [0.15, 0.2) is 0 Å². The minimum Gasteiger partial charge on any atom is -0.481 e. The average molecular weight is 298 g/mol. The van der Waals surface area contributed by atoms with Crippen molar-refractivity contribution in [1.82, 2.24) is 9.80 Å². The molecule has 2 aliphatic rings. The monoisotopic (exact) mass is 298 g/mol. The molecule has 2 aliphatic heterocycles. The van der Waals surface area contributed by atoms with Crippen LogP contribution in [0.4, 0.5) is 4.79 Å². The number of amides is 2. The number of carbonyl (C=O) groups is 3. The van der Waals surface area contributed by atoms with Gasteiger partial charge < -0.3 is 19.6 Å². The van der Waals surface area contributed by atoms with Crippen molar-refractivity contribution >= 4 is 18.0 Å². The zero-order valence-corrected chi connectivity index (χ0v) is 12.4. The second kappa shape index (κ2) is 6.32. The Balaban J connectivity index is 2.08. The standard InChI is InChI=1S/C14H22N2O5/c1-9-7-15(8-10(9)12(17)18)14(20)16-6-4-3-5-11(16)13(19)21-2/h9-11H,3-8H2,1-2H3,(H,17,18). The third-order valence-corrected chi connectivity index (χ3v) is 4.42. The van der Waals surface area contributed by atoms with Crippen molar-refractivity contribution in [2.75, 3.05) is 26.7 Å². The van der Waals surface area contributed by atoms with Crippen molar-refractivity contribution in [1.29, 1.82) is 0 Å². The molecule has 0 bridgehead atoms. The minimum atomic E-state index is -0.874. The molecular weight excluding hydrogens is 276 g/mol. The van der Waals surface area contributed by atoms with Crippen LogP contribution < -0.4 is 0 Å². The Morgan fingerprint density at radius 3 is 2.48 bits per heavy atom. The second-order valence-corrected chi connectivity index (χ2v) is 5.84. The maximum absolute atomic E-state index is 12.6. The van der Waals surface area contributed by atoms with E-state index in [9.17, 15) is 14.4 Å². The van der Waals surface area contributed by atoms with Gasteiger partial charge in [0.25, 0.3) is 0 Å². The number of carboxylic acids is 1. The molecule has 0 radical (unpaired) electrons. The fraction of sp³-hybridized carbons (Fsp3) is 0.786. The summed E-state index contributed by atoms with van der Waals surface area (Å²) in [6.07, 6.45) is 2.34. The molecule has 118 valence electrons. The minimum absolute atomic E-state index is 0.0761. The Kier molecular flexibility index (Phi) is 4.69. The van der Waals surface area contributed by atoms with E-state index in [1.165, 1.54) is 12.0 Å². The molecule has 3 atom stereocenters. The first kappa shape index (κ1) is 15.6. The van der Waals surface area contributed by atoms with Gasteiger partial charge in [0.15, 0.2) is 0 Å². The summed E-state index contributed by atoms with van der Waals surface area (Å²) in [6, 6.07) is -0.795. The van der Waals surface area contributed by atoms with Crippen molar-refractivity contribution in [2.45, 2.75) is 32.2 Å². The van der Waals surface area contributed by atoms with E-state index in [1.54, 1.807) is 4.90 Å². The topological polar surface area (TPSA) is 87.2 Å². The molecule has 0 aromatic carbocycles. The normalized spacial score (nSPS) is 29.3. The fourth-order valence-corrected chi connectivity index (χ4v) is 3.17. The summed E-state index contributed by atoms with van der Waals surface area (Å²) < 4.78 is 4.77. The number of esters is 1. The van der Waals surface area contributed by atoms with E-state index in [0.29, 0.717) is 19.5 Å². The van der Waals surface area contributed by atoms with Crippen LogP contribution >= 0.6 is 0 Å². The van der Waals surface area contributed by atoms with E-state index in [1.807, 2.05) is 6.92 Å². The fourth-order valence-electron chi connectivity index (χ4n) is 3.17. The van der Waals surface area contributed by atoms with Gasteiger partial charge in [-0.05, 0) is 25.2 Å². The number of ether oxygens (including phenoxy) is 1. The highest BCUT2D eigenvalue weighted by Crippen LogP contribution is 2.26. The van der Waals surface area contributed by atoms with E-state index in [-0.39, 0.29) is 18.5 Å². The number of aliphatic carboxylic acids is 1. The van der Waals surface area contributed by atoms with Gasteiger partial charge in [0.2, 0.25) is 0 Å². The molecule has 0 aromatic heterocycles. The van der Waals surface area contributed by atoms with E-state index in [0.717, 1.165) is 12.8 Å². The van der Waals surface area contributed by atoms with Crippen molar-refractivity contribution < 1.29 is 24.2 Å². The van der Waals surface area contributed by atoms with Crippen molar-refractivity contribution in [3.05, 3.63) is 0 Å². The first-order valence-corrected chi connectivity index (χ1v) is 7.32. The first-order valence-electron chi connectivity index (χ1n) is 7.32. The number of urea groups is 1. The van der Waals surface area contributed by atoms with E-state index in [4.69, 9.17) is 9.84 Å². The van der Waals surface area contributed by atoms with Gasteiger partial charge in [-0.25, -0.2) is 9.59 Å². The SMILES string of the molecule is COC(=O)C1CCCCN1C(=O)N1CC(C)C(C(=O)O)C1. The van der Waals surface area contributed by atoms with Gasteiger partial charge in [0.05, 0.1) is 13.0 Å². The smallest absolute Gasteiger partial charge is 0.328 e. The summed E-state index contributed by atoms with van der Waals surface area (Å²) in [7, 11) is 1.32. The molecular formula is C14H22N2O5. The average Bonchev–Trinajstić information content (AvgIpc) is 2.88. The Labute approximate surface area is 123 Å². The van der Waals surface area contributed by atoms with Crippen molar-refractivity contribution in [2.24, 2.45) is 11.8 Å². The van der Waals surface area contributed by atoms with E-state index >= 15 is 0 Å². The highest BCUT2D eigenvalue weighted by molar-refractivity contribution is 5.84. The Morgan fingerprint density at radius 2 is 1.90 bits per heavy atom. The van der Waals surface area contributed by atoms with Crippen LogP contribution in [0.25, 0.3) is 0 Å². The summed E-state index contributed by atoms with van der Waals surface area (Å²) in [5.41, 5.74) is 0. The highest BCUT2D eigenvalue weighted by atomic mass is 16.5. The number of piperidine rings is 1. The second-order valence-electron chi connectivity index (χ2n) is 5.84. The van der Waals surface area contributed by atoms with Crippen LogP contribution in [-0.2, 0) is 14.3 Å². The molecule has 2 amide bonds. The van der Waals surface area contributed by atoms with Gasteiger partial charge in [-0.3, -0.25) is 4.79 Å². The maximum atomic E-state index is 12.6. The third kappa shape index (κ3) is 3.11. The molecule has 0 spiro atoms. The number of hydrogen-bond acceptors (Lipinski definition) is 4. The number of carboxylic acid groups (broad SMARTS) is 1. The van der Waals surface area contributed by atoms with Crippen LogP contribution in [0.3, 0.4) is 0 Å². The predicted molar refractivity (Wildman–Crippen MR) is 73.6 cm³/mol. The summed E-state index contributed by atoms with van der Waals surface area (Å²) in [4.78, 5) is 38.6. The van der Waals surface area contributed by atoms with Crippen molar-refractivity contribution in [3.8, 4) is 0 Å². The quantitative estimate of drug-likeness (QED) is 0.761. The van der Waals surface area contributed by atoms with Gasteiger partial charge in [0, 0.05) is 19.6 Å². The molecule has 1 N–H and O–H groups in total. The van der Waals surface area contributed by atoms with Gasteiger partial charge >= 0.3 is 18.0 Å². The molecule has 7 heteroatoms. The Bertz CT molecular complexity index is 439. The summed E-state index contributed by atoms with van der Waals surface area (Å²) in [5, 5.41) is 9.15. The predicted octanol–water partition coefficient (Wildman–Crippen LogP) is 0.786. The Morgan fingerprint density at radius 1 is 1.19 bits per heavy atom. The summed E-state index contributed by atoms with van der Waals surface area (Å²) in [6.45, 7) is 2.97.